The standard InChI is InChI=1S/C18H29ClN4O2.HI/c1-18(2,3)25-17(24)23-12-7-11-21-16(20-4)22-13-10-14-8-5-6-9-15(14)19;/h5-6,8-9H,7,10-13H2,1-4H3,(H,23,24)(H2,20,21,22);1H. The van der Waals surface area contributed by atoms with Gasteiger partial charge in [0, 0.05) is 31.7 Å². The molecule has 1 rings (SSSR count). The Labute approximate surface area is 178 Å². The number of nitrogens with one attached hydrogen (secondary N) is 3. The molecule has 0 radical (unpaired) electrons. The molecule has 0 heterocycles. The highest BCUT2D eigenvalue weighted by Crippen LogP contribution is 2.14. The second-order valence-corrected chi connectivity index (χ2v) is 6.96. The Bertz CT molecular complexity index is 577. The maximum atomic E-state index is 11.5. The Morgan fingerprint density at radius 2 is 1.73 bits per heavy atom. The molecule has 0 unspecified atom stereocenters. The van der Waals surface area contributed by atoms with E-state index in [0.717, 1.165) is 35.9 Å². The van der Waals surface area contributed by atoms with Crippen molar-refractivity contribution in [2.75, 3.05) is 26.7 Å². The summed E-state index contributed by atoms with van der Waals surface area (Å²) >= 11 is 6.14. The molecule has 148 valence electrons. The van der Waals surface area contributed by atoms with E-state index in [2.05, 4.69) is 20.9 Å². The van der Waals surface area contributed by atoms with Gasteiger partial charge in [0.15, 0.2) is 5.96 Å². The van der Waals surface area contributed by atoms with Gasteiger partial charge in [0.25, 0.3) is 0 Å². The lowest BCUT2D eigenvalue weighted by atomic mass is 10.1. The maximum Gasteiger partial charge on any atom is 0.407 e. The van der Waals surface area contributed by atoms with Crippen LogP contribution in [0.15, 0.2) is 29.3 Å². The lowest BCUT2D eigenvalue weighted by Gasteiger charge is -2.19. The maximum absolute atomic E-state index is 11.5. The molecule has 0 saturated heterocycles. The molecule has 0 saturated carbocycles. The van der Waals surface area contributed by atoms with E-state index < -0.39 is 11.7 Å². The highest BCUT2D eigenvalue weighted by atomic mass is 127. The largest absolute Gasteiger partial charge is 0.444 e. The molecular formula is C18H30ClIN4O2. The van der Waals surface area contributed by atoms with E-state index in [0.29, 0.717) is 13.1 Å². The normalized spacial score (nSPS) is 11.3. The van der Waals surface area contributed by atoms with Crippen LogP contribution in [0.1, 0.15) is 32.8 Å². The summed E-state index contributed by atoms with van der Waals surface area (Å²) in [5.41, 5.74) is 0.629. The zero-order chi connectivity index (χ0) is 18.7. The number of aliphatic imine (C=N–C) groups is 1. The lowest BCUT2D eigenvalue weighted by molar-refractivity contribution is 0.0527. The van der Waals surface area contributed by atoms with E-state index in [1.807, 2.05) is 45.0 Å². The third-order valence-electron chi connectivity index (χ3n) is 3.18. The van der Waals surface area contributed by atoms with Crippen molar-refractivity contribution in [2.24, 2.45) is 4.99 Å². The summed E-state index contributed by atoms with van der Waals surface area (Å²) < 4.78 is 5.17. The van der Waals surface area contributed by atoms with Crippen LogP contribution in [0, 0.1) is 0 Å². The number of rotatable bonds is 7. The molecule has 0 spiro atoms. The second kappa shape index (κ2) is 13.0. The smallest absolute Gasteiger partial charge is 0.407 e. The predicted octanol–water partition coefficient (Wildman–Crippen LogP) is 3.58. The number of guanidine groups is 1. The van der Waals surface area contributed by atoms with Crippen LogP contribution in [-0.4, -0.2) is 44.3 Å². The first-order valence-corrected chi connectivity index (χ1v) is 8.84. The Balaban J connectivity index is 0.00000625. The molecule has 1 aromatic rings. The van der Waals surface area contributed by atoms with Crippen LogP contribution in [0.2, 0.25) is 5.02 Å². The summed E-state index contributed by atoms with van der Waals surface area (Å²) in [5.74, 6) is 0.726. The van der Waals surface area contributed by atoms with E-state index in [4.69, 9.17) is 16.3 Å². The van der Waals surface area contributed by atoms with E-state index in [9.17, 15) is 4.79 Å². The van der Waals surface area contributed by atoms with Gasteiger partial charge in [-0.15, -0.1) is 24.0 Å². The Hall–Kier alpha value is -1.22. The van der Waals surface area contributed by atoms with Gasteiger partial charge >= 0.3 is 6.09 Å². The minimum atomic E-state index is -0.476. The molecule has 1 amide bonds. The topological polar surface area (TPSA) is 74.8 Å². The first-order valence-electron chi connectivity index (χ1n) is 8.46. The van der Waals surface area contributed by atoms with Crippen LogP contribution in [0.4, 0.5) is 4.79 Å². The molecule has 0 bridgehead atoms. The summed E-state index contributed by atoms with van der Waals surface area (Å²) in [6.45, 7) is 7.49. The van der Waals surface area contributed by atoms with E-state index in [1.54, 1.807) is 7.05 Å². The van der Waals surface area contributed by atoms with E-state index in [-0.39, 0.29) is 24.0 Å². The quantitative estimate of drug-likeness (QED) is 0.233. The molecule has 8 heteroatoms. The molecule has 3 N–H and O–H groups in total. The Morgan fingerprint density at radius 1 is 1.12 bits per heavy atom. The van der Waals surface area contributed by atoms with Crippen molar-refractivity contribution < 1.29 is 9.53 Å². The van der Waals surface area contributed by atoms with Gasteiger partial charge in [0.2, 0.25) is 0 Å². The van der Waals surface area contributed by atoms with Crippen LogP contribution in [-0.2, 0) is 11.2 Å². The third kappa shape index (κ3) is 11.4. The van der Waals surface area contributed by atoms with Crippen LogP contribution < -0.4 is 16.0 Å². The van der Waals surface area contributed by atoms with Crippen molar-refractivity contribution in [2.45, 2.75) is 39.2 Å². The summed E-state index contributed by atoms with van der Waals surface area (Å²) in [7, 11) is 1.73. The summed E-state index contributed by atoms with van der Waals surface area (Å²) in [6, 6.07) is 7.81. The van der Waals surface area contributed by atoms with Crippen molar-refractivity contribution in [3.8, 4) is 0 Å². The summed E-state index contributed by atoms with van der Waals surface area (Å²) in [4.78, 5) is 15.7. The molecule has 26 heavy (non-hydrogen) atoms. The van der Waals surface area contributed by atoms with Crippen molar-refractivity contribution in [1.29, 1.82) is 0 Å². The number of ether oxygens (including phenoxy) is 1. The molecule has 0 aliphatic carbocycles. The molecular weight excluding hydrogens is 467 g/mol. The number of amides is 1. The van der Waals surface area contributed by atoms with Crippen LogP contribution in [0.25, 0.3) is 0 Å². The Kier molecular flexibility index (Phi) is 12.4. The van der Waals surface area contributed by atoms with Gasteiger partial charge in [0.1, 0.15) is 5.60 Å². The first kappa shape index (κ1) is 24.8. The highest BCUT2D eigenvalue weighted by molar-refractivity contribution is 14.0. The molecule has 1 aromatic carbocycles. The van der Waals surface area contributed by atoms with E-state index in [1.165, 1.54) is 0 Å². The molecule has 6 nitrogen and oxygen atoms in total. The molecule has 0 aliphatic heterocycles. The second-order valence-electron chi connectivity index (χ2n) is 6.55. The predicted molar refractivity (Wildman–Crippen MR) is 119 cm³/mol. The minimum absolute atomic E-state index is 0. The number of carbonyl (C=O) groups is 1. The lowest BCUT2D eigenvalue weighted by Crippen LogP contribution is -2.40. The van der Waals surface area contributed by atoms with E-state index >= 15 is 0 Å². The van der Waals surface area contributed by atoms with Crippen molar-refractivity contribution in [3.05, 3.63) is 34.9 Å². The molecule has 0 atom stereocenters. The summed E-state index contributed by atoms with van der Waals surface area (Å²) in [6.07, 6.45) is 1.19. The van der Waals surface area contributed by atoms with Crippen LogP contribution in [0.5, 0.6) is 0 Å². The SMILES string of the molecule is CN=C(NCCCNC(=O)OC(C)(C)C)NCCc1ccccc1Cl.I. The number of carbonyl (C=O) groups excluding carboxylic acids is 1. The van der Waals surface area contributed by atoms with Gasteiger partial charge < -0.3 is 20.7 Å². The monoisotopic (exact) mass is 496 g/mol. The molecule has 0 aliphatic rings. The Morgan fingerprint density at radius 3 is 2.35 bits per heavy atom. The third-order valence-corrected chi connectivity index (χ3v) is 3.55. The van der Waals surface area contributed by atoms with Crippen molar-refractivity contribution in [1.82, 2.24) is 16.0 Å². The van der Waals surface area contributed by atoms with Gasteiger partial charge in [-0.1, -0.05) is 29.8 Å². The van der Waals surface area contributed by atoms with Gasteiger partial charge in [-0.2, -0.15) is 0 Å². The van der Waals surface area contributed by atoms with Crippen LogP contribution in [0.3, 0.4) is 0 Å². The fraction of sp³-hybridized carbons (Fsp3) is 0.556. The zero-order valence-electron chi connectivity index (χ0n) is 15.9. The average Bonchev–Trinajstić information content (AvgIpc) is 2.53. The average molecular weight is 497 g/mol. The molecule has 0 fully saturated rings. The fourth-order valence-corrected chi connectivity index (χ4v) is 2.27. The van der Waals surface area contributed by atoms with Crippen molar-refractivity contribution >= 4 is 47.6 Å². The first-order chi connectivity index (χ1) is 11.8. The van der Waals surface area contributed by atoms with Crippen molar-refractivity contribution in [3.63, 3.8) is 0 Å². The minimum Gasteiger partial charge on any atom is -0.444 e. The highest BCUT2D eigenvalue weighted by Gasteiger charge is 2.15. The molecule has 0 aromatic heterocycles. The number of hydrogen-bond acceptors (Lipinski definition) is 3. The number of alkyl carbamates (subject to hydrolysis) is 1. The van der Waals surface area contributed by atoms with Gasteiger partial charge in [0.05, 0.1) is 0 Å². The fourth-order valence-electron chi connectivity index (χ4n) is 2.04. The number of hydrogen-bond donors (Lipinski definition) is 3. The van der Waals surface area contributed by atoms with Gasteiger partial charge in [-0.25, -0.2) is 4.79 Å². The van der Waals surface area contributed by atoms with Gasteiger partial charge in [-0.05, 0) is 45.2 Å². The summed E-state index contributed by atoms with van der Waals surface area (Å²) in [5, 5.41) is 9.95. The zero-order valence-corrected chi connectivity index (χ0v) is 19.0. The number of halogens is 2. The van der Waals surface area contributed by atoms with Gasteiger partial charge in [-0.3, -0.25) is 4.99 Å². The number of nitrogens with zero attached hydrogens (tertiary/aromatic N) is 1. The van der Waals surface area contributed by atoms with Crippen LogP contribution >= 0.6 is 35.6 Å². The number of benzene rings is 1.